The molecule has 0 atom stereocenters. The molecule has 0 saturated carbocycles. The molecule has 2 heterocycles. The van der Waals surface area contributed by atoms with Gasteiger partial charge in [0.05, 0.1) is 0 Å². The molecule has 0 fully saturated rings. The van der Waals surface area contributed by atoms with Gasteiger partial charge in [-0.2, -0.15) is 0 Å². The highest BCUT2D eigenvalue weighted by Gasteiger charge is 2.16. The quantitative estimate of drug-likeness (QED) is 0.596. The van der Waals surface area contributed by atoms with Gasteiger partial charge in [-0.3, -0.25) is 0 Å². The minimum absolute atomic E-state index is 0.558. The Morgan fingerprint density at radius 2 is 1.75 bits per heavy atom. The molecular weight excluding hydrogens is 300 g/mol. The zero-order valence-electron chi connectivity index (χ0n) is 13.2. The lowest BCUT2D eigenvalue weighted by atomic mass is 10.1. The van der Waals surface area contributed by atoms with Gasteiger partial charge in [-0.15, -0.1) is 0 Å². The molecule has 118 valence electrons. The lowest BCUT2D eigenvalue weighted by molar-refractivity contribution is 0.459. The number of hydrogen-bond acceptors (Lipinski definition) is 5. The maximum absolute atomic E-state index is 5.54. The van der Waals surface area contributed by atoms with Crippen molar-refractivity contribution < 1.29 is 4.52 Å². The first-order valence-electron chi connectivity index (χ1n) is 7.87. The molecule has 1 N–H and O–H groups in total. The van der Waals surface area contributed by atoms with Crippen molar-refractivity contribution >= 4 is 22.6 Å². The van der Waals surface area contributed by atoms with Crippen molar-refractivity contribution in [2.75, 3.05) is 5.32 Å². The van der Waals surface area contributed by atoms with Crippen LogP contribution in [0, 0.1) is 0 Å². The fraction of sp³-hybridized carbons (Fsp3) is 0.105. The summed E-state index contributed by atoms with van der Waals surface area (Å²) >= 11 is 0. The Bertz CT molecular complexity index is 979. The average Bonchev–Trinajstić information content (AvgIpc) is 3.08. The molecule has 0 unspecified atom stereocenters. The minimum Gasteiger partial charge on any atom is -0.350 e. The monoisotopic (exact) mass is 316 g/mol. The lowest BCUT2D eigenvalue weighted by Crippen LogP contribution is -1.98. The fourth-order valence-corrected chi connectivity index (χ4v) is 2.72. The molecule has 5 heteroatoms. The summed E-state index contributed by atoms with van der Waals surface area (Å²) in [6.45, 7) is 2.12. The van der Waals surface area contributed by atoms with E-state index < -0.39 is 0 Å². The number of para-hydroxylation sites is 1. The molecule has 24 heavy (non-hydrogen) atoms. The normalized spacial score (nSPS) is 10.9. The second-order valence-electron chi connectivity index (χ2n) is 5.43. The van der Waals surface area contributed by atoms with E-state index in [0.717, 1.165) is 23.4 Å². The molecule has 0 aliphatic carbocycles. The van der Waals surface area contributed by atoms with E-state index in [1.807, 2.05) is 48.5 Å². The number of anilines is 2. The Labute approximate surface area is 139 Å². The number of aromatic nitrogens is 3. The number of aryl methyl sites for hydroxylation is 1. The number of benzene rings is 2. The maximum atomic E-state index is 5.54. The van der Waals surface area contributed by atoms with Crippen molar-refractivity contribution in [1.29, 1.82) is 0 Å². The van der Waals surface area contributed by atoms with Crippen LogP contribution in [-0.2, 0) is 6.42 Å². The molecule has 0 saturated heterocycles. The molecule has 0 spiro atoms. The number of rotatable bonds is 4. The van der Waals surface area contributed by atoms with Crippen molar-refractivity contribution in [2.45, 2.75) is 13.3 Å². The van der Waals surface area contributed by atoms with Crippen LogP contribution in [0.2, 0.25) is 0 Å². The summed E-state index contributed by atoms with van der Waals surface area (Å²) in [5.74, 6) is 0.621. The molecule has 4 aromatic rings. The van der Waals surface area contributed by atoms with Gasteiger partial charge in [0.2, 0.25) is 5.58 Å². The highest BCUT2D eigenvalue weighted by Crippen LogP contribution is 2.31. The lowest BCUT2D eigenvalue weighted by Gasteiger charge is -2.09. The van der Waals surface area contributed by atoms with E-state index in [-0.39, 0.29) is 0 Å². The topological polar surface area (TPSA) is 63.8 Å². The van der Waals surface area contributed by atoms with Gasteiger partial charge in [0.15, 0.2) is 5.82 Å². The second-order valence-corrected chi connectivity index (χ2v) is 5.43. The third kappa shape index (κ3) is 2.50. The molecule has 0 amide bonds. The van der Waals surface area contributed by atoms with E-state index >= 15 is 0 Å². The van der Waals surface area contributed by atoms with Crippen molar-refractivity contribution in [2.24, 2.45) is 0 Å². The van der Waals surface area contributed by atoms with Gasteiger partial charge in [0.1, 0.15) is 17.5 Å². The molecule has 4 rings (SSSR count). The predicted octanol–water partition coefficient (Wildman–Crippen LogP) is 4.59. The summed E-state index contributed by atoms with van der Waals surface area (Å²) in [6, 6.07) is 18.0. The van der Waals surface area contributed by atoms with Gasteiger partial charge >= 0.3 is 0 Å². The first-order chi connectivity index (χ1) is 11.9. The Hall–Kier alpha value is -3.21. The summed E-state index contributed by atoms with van der Waals surface area (Å²) in [7, 11) is 0. The SMILES string of the molecule is CCc1ccccc1Nc1ncnc2c(-c3ccccc3)noc12. The number of nitrogens with zero attached hydrogens (tertiary/aromatic N) is 3. The van der Waals surface area contributed by atoms with Crippen molar-refractivity contribution in [3.8, 4) is 11.3 Å². The van der Waals surface area contributed by atoms with Crippen LogP contribution < -0.4 is 5.32 Å². The number of fused-ring (bicyclic) bond motifs is 1. The van der Waals surface area contributed by atoms with Crippen LogP contribution in [0.3, 0.4) is 0 Å². The number of nitrogens with one attached hydrogen (secondary N) is 1. The first kappa shape index (κ1) is 14.4. The van der Waals surface area contributed by atoms with Crippen LogP contribution in [0.25, 0.3) is 22.4 Å². The molecule has 2 aromatic carbocycles. The van der Waals surface area contributed by atoms with Gasteiger partial charge in [-0.25, -0.2) is 9.97 Å². The fourth-order valence-electron chi connectivity index (χ4n) is 2.72. The molecule has 5 nitrogen and oxygen atoms in total. The molecule has 0 radical (unpaired) electrons. The highest BCUT2D eigenvalue weighted by molar-refractivity contribution is 5.94. The zero-order chi connectivity index (χ0) is 16.4. The molecule has 2 aromatic heterocycles. The van der Waals surface area contributed by atoms with Gasteiger partial charge in [0, 0.05) is 11.3 Å². The molecular formula is C19H16N4O. The largest absolute Gasteiger partial charge is 0.350 e. The van der Waals surface area contributed by atoms with Crippen LogP contribution in [0.1, 0.15) is 12.5 Å². The minimum atomic E-state index is 0.558. The molecule has 0 aliphatic rings. The van der Waals surface area contributed by atoms with E-state index in [4.69, 9.17) is 4.52 Å². The third-order valence-corrected chi connectivity index (χ3v) is 3.95. The average molecular weight is 316 g/mol. The third-order valence-electron chi connectivity index (χ3n) is 3.95. The molecule has 0 aliphatic heterocycles. The van der Waals surface area contributed by atoms with Crippen LogP contribution in [0.5, 0.6) is 0 Å². The predicted molar refractivity (Wildman–Crippen MR) is 94.1 cm³/mol. The zero-order valence-corrected chi connectivity index (χ0v) is 13.2. The smallest absolute Gasteiger partial charge is 0.228 e. The van der Waals surface area contributed by atoms with Crippen LogP contribution >= 0.6 is 0 Å². The Morgan fingerprint density at radius 3 is 2.58 bits per heavy atom. The summed E-state index contributed by atoms with van der Waals surface area (Å²) in [4.78, 5) is 8.68. The Morgan fingerprint density at radius 1 is 0.958 bits per heavy atom. The maximum Gasteiger partial charge on any atom is 0.228 e. The van der Waals surface area contributed by atoms with E-state index in [9.17, 15) is 0 Å². The van der Waals surface area contributed by atoms with Gasteiger partial charge in [-0.1, -0.05) is 60.6 Å². The summed E-state index contributed by atoms with van der Waals surface area (Å²) in [5.41, 5.74) is 5.18. The van der Waals surface area contributed by atoms with Gasteiger partial charge < -0.3 is 9.84 Å². The van der Waals surface area contributed by atoms with Crippen molar-refractivity contribution in [3.05, 3.63) is 66.5 Å². The van der Waals surface area contributed by atoms with Gasteiger partial charge in [-0.05, 0) is 18.1 Å². The highest BCUT2D eigenvalue weighted by atomic mass is 16.5. The van der Waals surface area contributed by atoms with E-state index in [2.05, 4.69) is 33.4 Å². The van der Waals surface area contributed by atoms with Crippen LogP contribution in [-0.4, -0.2) is 15.1 Å². The Kier molecular flexibility index (Phi) is 3.67. The Balaban J connectivity index is 1.79. The van der Waals surface area contributed by atoms with Crippen LogP contribution in [0.15, 0.2) is 65.4 Å². The van der Waals surface area contributed by atoms with Gasteiger partial charge in [0.25, 0.3) is 0 Å². The van der Waals surface area contributed by atoms with E-state index in [1.165, 1.54) is 11.9 Å². The summed E-state index contributed by atoms with van der Waals surface area (Å²) < 4.78 is 5.54. The molecule has 0 bridgehead atoms. The number of hydrogen-bond donors (Lipinski definition) is 1. The van der Waals surface area contributed by atoms with Crippen molar-refractivity contribution in [1.82, 2.24) is 15.1 Å². The first-order valence-corrected chi connectivity index (χ1v) is 7.87. The summed E-state index contributed by atoms with van der Waals surface area (Å²) in [5, 5.41) is 7.54. The van der Waals surface area contributed by atoms with E-state index in [0.29, 0.717) is 16.9 Å². The van der Waals surface area contributed by atoms with E-state index in [1.54, 1.807) is 0 Å². The van der Waals surface area contributed by atoms with Crippen molar-refractivity contribution in [3.63, 3.8) is 0 Å². The second kappa shape index (κ2) is 6.12. The standard InChI is InChI=1S/C19H16N4O/c1-2-13-8-6-7-11-15(13)22-19-18-17(20-12-21-19)16(23-24-18)14-9-4-3-5-10-14/h3-12H,2H2,1H3,(H,20,21,22). The van der Waals surface area contributed by atoms with Crippen LogP contribution in [0.4, 0.5) is 11.5 Å². The summed E-state index contributed by atoms with van der Waals surface area (Å²) in [6.07, 6.45) is 2.46.